The average molecular weight is 189 g/mol. The maximum Gasteiger partial charge on any atom is 0.118 e. The Kier molecular flexibility index (Phi) is 3.35. The molecule has 0 amide bonds. The number of hydrogen-bond donors (Lipinski definition) is 0. The van der Waals surface area contributed by atoms with Gasteiger partial charge >= 0.3 is 0 Å². The molecule has 0 aliphatic carbocycles. The molecule has 12 heavy (non-hydrogen) atoms. The Labute approximate surface area is 76.1 Å². The molecule has 1 atom stereocenters. The second-order valence-electron chi connectivity index (χ2n) is 2.39. The van der Waals surface area contributed by atoms with Gasteiger partial charge in [0.05, 0.1) is 12.5 Å². The van der Waals surface area contributed by atoms with E-state index in [1.54, 1.807) is 31.4 Å². The Bertz CT molecular complexity index is 235. The summed E-state index contributed by atoms with van der Waals surface area (Å²) in [6.07, 6.45) is 0. The van der Waals surface area contributed by atoms with E-state index in [4.69, 9.17) is 16.3 Å². The predicted molar refractivity (Wildman–Crippen MR) is 47.6 cm³/mol. The summed E-state index contributed by atoms with van der Waals surface area (Å²) in [5.74, 6) is 0.751. The third-order valence-electron chi connectivity index (χ3n) is 1.61. The molecule has 1 unspecified atom stereocenters. The summed E-state index contributed by atoms with van der Waals surface area (Å²) in [6.45, 7) is -0.548. The number of methoxy groups -OCH3 is 1. The molecule has 0 saturated heterocycles. The molecule has 0 N–H and O–H groups in total. The molecule has 0 saturated carbocycles. The highest BCUT2D eigenvalue weighted by molar-refractivity contribution is 6.20. The Morgan fingerprint density at radius 3 is 2.42 bits per heavy atom. The summed E-state index contributed by atoms with van der Waals surface area (Å²) in [4.78, 5) is 0. The van der Waals surface area contributed by atoms with Gasteiger partial charge in [0.25, 0.3) is 0 Å². The van der Waals surface area contributed by atoms with Gasteiger partial charge in [0.1, 0.15) is 12.4 Å². The summed E-state index contributed by atoms with van der Waals surface area (Å²) in [5, 5.41) is -0.545. The molecule has 3 heteroatoms. The van der Waals surface area contributed by atoms with Gasteiger partial charge in [-0.15, -0.1) is 11.6 Å². The monoisotopic (exact) mass is 188 g/mol. The lowest BCUT2D eigenvalue weighted by molar-refractivity contribution is 0.414. The lowest BCUT2D eigenvalue weighted by Crippen LogP contribution is -1.92. The highest BCUT2D eigenvalue weighted by Gasteiger charge is 2.05. The van der Waals surface area contributed by atoms with E-state index in [1.807, 2.05) is 0 Å². The molecule has 0 spiro atoms. The largest absolute Gasteiger partial charge is 0.497 e. The topological polar surface area (TPSA) is 9.23 Å². The molecular weight excluding hydrogens is 179 g/mol. The van der Waals surface area contributed by atoms with E-state index < -0.39 is 12.1 Å². The average Bonchev–Trinajstić information content (AvgIpc) is 2.17. The SMILES string of the molecule is COc1ccc(C(Cl)CF)cc1. The zero-order valence-corrected chi connectivity index (χ0v) is 7.51. The summed E-state index contributed by atoms with van der Waals surface area (Å²) < 4.78 is 17.0. The van der Waals surface area contributed by atoms with Gasteiger partial charge in [-0.2, -0.15) is 0 Å². The van der Waals surface area contributed by atoms with Gasteiger partial charge in [-0.3, -0.25) is 0 Å². The number of alkyl halides is 2. The van der Waals surface area contributed by atoms with Gasteiger partial charge in [0.15, 0.2) is 0 Å². The molecule has 66 valence electrons. The Hall–Kier alpha value is -0.760. The van der Waals surface area contributed by atoms with Crippen LogP contribution in [-0.4, -0.2) is 13.8 Å². The maximum absolute atomic E-state index is 12.1. The summed E-state index contributed by atoms with van der Waals surface area (Å²) in [5.41, 5.74) is 0.778. The standard InChI is InChI=1S/C9H10ClFO/c1-12-8-4-2-7(3-5-8)9(10)6-11/h2-5,9H,6H2,1H3. The van der Waals surface area contributed by atoms with E-state index in [1.165, 1.54) is 0 Å². The Morgan fingerprint density at radius 1 is 1.42 bits per heavy atom. The minimum absolute atomic E-state index is 0.545. The van der Waals surface area contributed by atoms with Gasteiger partial charge in [-0.25, -0.2) is 4.39 Å². The van der Waals surface area contributed by atoms with Crippen LogP contribution in [0.25, 0.3) is 0 Å². The molecule has 0 aliphatic heterocycles. The van der Waals surface area contributed by atoms with E-state index in [0.717, 1.165) is 11.3 Å². The summed E-state index contributed by atoms with van der Waals surface area (Å²) >= 11 is 5.67. The van der Waals surface area contributed by atoms with Crippen molar-refractivity contribution in [2.24, 2.45) is 0 Å². The van der Waals surface area contributed by atoms with Crippen molar-refractivity contribution in [3.05, 3.63) is 29.8 Å². The second kappa shape index (κ2) is 4.31. The number of hydrogen-bond acceptors (Lipinski definition) is 1. The maximum atomic E-state index is 12.1. The molecular formula is C9H10ClFO. The van der Waals surface area contributed by atoms with Crippen LogP contribution in [0.4, 0.5) is 4.39 Å². The molecule has 1 aromatic rings. The van der Waals surface area contributed by atoms with Crippen LogP contribution in [-0.2, 0) is 0 Å². The van der Waals surface area contributed by atoms with Crippen LogP contribution in [0.1, 0.15) is 10.9 Å². The van der Waals surface area contributed by atoms with Crippen LogP contribution >= 0.6 is 11.6 Å². The van der Waals surface area contributed by atoms with E-state index in [0.29, 0.717) is 0 Å². The van der Waals surface area contributed by atoms with Gasteiger partial charge < -0.3 is 4.74 Å². The smallest absolute Gasteiger partial charge is 0.118 e. The molecule has 0 radical (unpaired) electrons. The fraction of sp³-hybridized carbons (Fsp3) is 0.333. The second-order valence-corrected chi connectivity index (χ2v) is 2.92. The van der Waals surface area contributed by atoms with Crippen molar-refractivity contribution in [1.29, 1.82) is 0 Å². The quantitative estimate of drug-likeness (QED) is 0.663. The van der Waals surface area contributed by atoms with Crippen molar-refractivity contribution >= 4 is 11.6 Å². The Balaban J connectivity index is 2.77. The number of rotatable bonds is 3. The van der Waals surface area contributed by atoms with Gasteiger partial charge in [0.2, 0.25) is 0 Å². The third-order valence-corrected chi connectivity index (χ3v) is 1.98. The number of ether oxygens (including phenoxy) is 1. The molecule has 0 aliphatic rings. The molecule has 0 aromatic heterocycles. The highest BCUT2D eigenvalue weighted by Crippen LogP contribution is 2.22. The lowest BCUT2D eigenvalue weighted by Gasteiger charge is -2.05. The van der Waals surface area contributed by atoms with Crippen LogP contribution in [0.5, 0.6) is 5.75 Å². The van der Waals surface area contributed by atoms with E-state index in [-0.39, 0.29) is 0 Å². The third kappa shape index (κ3) is 2.11. The molecule has 0 fully saturated rings. The normalized spacial score (nSPS) is 12.6. The fourth-order valence-corrected chi connectivity index (χ4v) is 1.05. The fourth-order valence-electron chi connectivity index (χ4n) is 0.902. The first-order chi connectivity index (χ1) is 5.77. The predicted octanol–water partition coefficient (Wildman–Crippen LogP) is 2.94. The van der Waals surface area contributed by atoms with E-state index >= 15 is 0 Å². The first-order valence-corrected chi connectivity index (χ1v) is 4.05. The van der Waals surface area contributed by atoms with E-state index in [2.05, 4.69) is 0 Å². The molecule has 0 heterocycles. The summed E-state index contributed by atoms with van der Waals surface area (Å²) in [7, 11) is 1.59. The first kappa shape index (κ1) is 9.33. The minimum atomic E-state index is -0.548. The van der Waals surface area contributed by atoms with Crippen molar-refractivity contribution in [3.63, 3.8) is 0 Å². The minimum Gasteiger partial charge on any atom is -0.497 e. The van der Waals surface area contributed by atoms with Crippen LogP contribution in [0.3, 0.4) is 0 Å². The van der Waals surface area contributed by atoms with Crippen molar-refractivity contribution in [3.8, 4) is 5.75 Å². The zero-order chi connectivity index (χ0) is 8.97. The lowest BCUT2D eigenvalue weighted by atomic mass is 10.1. The van der Waals surface area contributed by atoms with Crippen molar-refractivity contribution in [2.45, 2.75) is 5.38 Å². The summed E-state index contributed by atoms with van der Waals surface area (Å²) in [6, 6.07) is 7.05. The van der Waals surface area contributed by atoms with Gasteiger partial charge in [0, 0.05) is 0 Å². The van der Waals surface area contributed by atoms with Crippen LogP contribution in [0.15, 0.2) is 24.3 Å². The van der Waals surface area contributed by atoms with E-state index in [9.17, 15) is 4.39 Å². The van der Waals surface area contributed by atoms with Gasteiger partial charge in [-0.05, 0) is 17.7 Å². The first-order valence-electron chi connectivity index (χ1n) is 3.62. The molecule has 1 rings (SSSR count). The number of benzene rings is 1. The molecule has 1 aromatic carbocycles. The van der Waals surface area contributed by atoms with Crippen LogP contribution in [0, 0.1) is 0 Å². The van der Waals surface area contributed by atoms with Gasteiger partial charge in [-0.1, -0.05) is 12.1 Å². The zero-order valence-electron chi connectivity index (χ0n) is 6.76. The molecule has 0 bridgehead atoms. The van der Waals surface area contributed by atoms with Crippen LogP contribution in [0.2, 0.25) is 0 Å². The highest BCUT2D eigenvalue weighted by atomic mass is 35.5. The molecule has 1 nitrogen and oxygen atoms in total. The van der Waals surface area contributed by atoms with Crippen molar-refractivity contribution < 1.29 is 9.13 Å². The van der Waals surface area contributed by atoms with Crippen LogP contribution < -0.4 is 4.74 Å². The Morgan fingerprint density at radius 2 is 2.00 bits per heavy atom. The van der Waals surface area contributed by atoms with Crippen molar-refractivity contribution in [2.75, 3.05) is 13.8 Å². The number of halogens is 2. The van der Waals surface area contributed by atoms with Crippen molar-refractivity contribution in [1.82, 2.24) is 0 Å².